The average molecular weight is 582 g/mol. The van der Waals surface area contributed by atoms with Crippen LogP contribution in [0.1, 0.15) is 22.3 Å². The van der Waals surface area contributed by atoms with Gasteiger partial charge in [0.2, 0.25) is 0 Å². The second-order valence-electron chi connectivity index (χ2n) is 9.73. The highest BCUT2D eigenvalue weighted by Gasteiger charge is 2.49. The number of carbonyl (C=O) groups excluding carboxylic acids is 2. The summed E-state index contributed by atoms with van der Waals surface area (Å²) in [6, 6.07) is 18.6. The quantitative estimate of drug-likeness (QED) is 0.162. The van der Waals surface area contributed by atoms with Gasteiger partial charge in [-0.1, -0.05) is 48.5 Å². The largest absolute Gasteiger partial charge is 0.455 e. The van der Waals surface area contributed by atoms with Gasteiger partial charge in [0.25, 0.3) is 0 Å². The van der Waals surface area contributed by atoms with Crippen molar-refractivity contribution in [2.24, 2.45) is 0 Å². The Kier molecular flexibility index (Phi) is 10.6. The van der Waals surface area contributed by atoms with Crippen molar-refractivity contribution < 1.29 is 54.1 Å². The predicted octanol–water partition coefficient (Wildman–Crippen LogP) is 0.237. The van der Waals surface area contributed by atoms with Crippen LogP contribution in [-0.2, 0) is 23.7 Å². The van der Waals surface area contributed by atoms with Gasteiger partial charge < -0.3 is 44.5 Å². The van der Waals surface area contributed by atoms with E-state index in [1.54, 1.807) is 48.5 Å². The van der Waals surface area contributed by atoms with Crippen molar-refractivity contribution in [2.75, 3.05) is 6.61 Å². The number of ether oxygens (including phenoxy) is 4. The number of esters is 2. The van der Waals surface area contributed by atoms with Crippen molar-refractivity contribution in [3.8, 4) is 6.07 Å². The molecule has 1 aliphatic heterocycles. The standard InChI is InChI=1S/C30H31NO11/c31-14-13-19-20(40-30-27(37)26(36)25(35)22(16-32)41-30)15-21(39-29(38)18-9-5-2-6-10-18)28(24(19)34)42-23(33)12-11-17-7-3-1-4-8-17/h1-13,20-22,24-28,30,32,34-37H,15-16H2. The summed E-state index contributed by atoms with van der Waals surface area (Å²) in [5.74, 6) is -1.64. The second kappa shape index (κ2) is 14.3. The lowest BCUT2D eigenvalue weighted by molar-refractivity contribution is -0.312. The Morgan fingerprint density at radius 2 is 1.62 bits per heavy atom. The molecule has 12 heteroatoms. The maximum absolute atomic E-state index is 13.0. The molecule has 4 rings (SSSR count). The molecule has 0 bridgehead atoms. The van der Waals surface area contributed by atoms with Gasteiger partial charge in [0.05, 0.1) is 24.3 Å². The fourth-order valence-electron chi connectivity index (χ4n) is 4.73. The first-order chi connectivity index (χ1) is 20.2. The van der Waals surface area contributed by atoms with Crippen molar-refractivity contribution in [3.05, 3.63) is 89.5 Å². The van der Waals surface area contributed by atoms with E-state index in [2.05, 4.69) is 0 Å². The number of benzene rings is 2. The van der Waals surface area contributed by atoms with Gasteiger partial charge in [0.1, 0.15) is 36.6 Å². The van der Waals surface area contributed by atoms with E-state index in [1.165, 1.54) is 18.2 Å². The molecule has 2 aliphatic rings. The summed E-state index contributed by atoms with van der Waals surface area (Å²) >= 11 is 0. The van der Waals surface area contributed by atoms with Crippen molar-refractivity contribution in [1.29, 1.82) is 5.26 Å². The molecule has 0 aromatic heterocycles. The van der Waals surface area contributed by atoms with Crippen LogP contribution in [0.15, 0.2) is 78.4 Å². The van der Waals surface area contributed by atoms with Crippen molar-refractivity contribution in [1.82, 2.24) is 0 Å². The van der Waals surface area contributed by atoms with Crippen LogP contribution in [0, 0.1) is 11.3 Å². The van der Waals surface area contributed by atoms with Crippen molar-refractivity contribution >= 4 is 18.0 Å². The molecule has 0 spiro atoms. The Morgan fingerprint density at radius 3 is 2.26 bits per heavy atom. The van der Waals surface area contributed by atoms with E-state index >= 15 is 0 Å². The fraction of sp³-hybridized carbons (Fsp3) is 0.367. The average Bonchev–Trinajstić information content (AvgIpc) is 3.01. The highest BCUT2D eigenvalue weighted by Crippen LogP contribution is 2.34. The van der Waals surface area contributed by atoms with Gasteiger partial charge in [-0.2, -0.15) is 5.26 Å². The smallest absolute Gasteiger partial charge is 0.338 e. The molecular weight excluding hydrogens is 550 g/mol. The maximum Gasteiger partial charge on any atom is 0.338 e. The molecule has 1 saturated heterocycles. The van der Waals surface area contributed by atoms with Crippen LogP contribution in [0.2, 0.25) is 0 Å². The third-order valence-corrected chi connectivity index (χ3v) is 6.95. The lowest BCUT2D eigenvalue weighted by atomic mass is 9.84. The predicted molar refractivity (Wildman–Crippen MR) is 144 cm³/mol. The van der Waals surface area contributed by atoms with Gasteiger partial charge in [0, 0.05) is 24.1 Å². The number of aliphatic hydroxyl groups excluding tert-OH is 5. The molecule has 0 amide bonds. The topological polar surface area (TPSA) is 196 Å². The second-order valence-corrected chi connectivity index (χ2v) is 9.73. The Labute approximate surface area is 241 Å². The Bertz CT molecular complexity index is 1310. The molecule has 2 aromatic carbocycles. The molecule has 0 radical (unpaired) electrons. The summed E-state index contributed by atoms with van der Waals surface area (Å²) in [6.07, 6.45) is -10.4. The molecule has 1 heterocycles. The summed E-state index contributed by atoms with van der Waals surface area (Å²) in [5, 5.41) is 60.9. The number of nitrogens with zero attached hydrogens (tertiary/aromatic N) is 1. The molecule has 5 N–H and O–H groups in total. The van der Waals surface area contributed by atoms with Gasteiger partial charge >= 0.3 is 11.9 Å². The zero-order chi connectivity index (χ0) is 30.2. The van der Waals surface area contributed by atoms with Gasteiger partial charge in [-0.25, -0.2) is 9.59 Å². The van der Waals surface area contributed by atoms with Crippen LogP contribution in [0.3, 0.4) is 0 Å². The van der Waals surface area contributed by atoms with Crippen LogP contribution < -0.4 is 0 Å². The van der Waals surface area contributed by atoms with Crippen LogP contribution in [0.25, 0.3) is 6.08 Å². The first-order valence-electron chi connectivity index (χ1n) is 13.2. The lowest BCUT2D eigenvalue weighted by Gasteiger charge is -2.44. The number of hydrogen-bond donors (Lipinski definition) is 5. The van der Waals surface area contributed by atoms with E-state index in [-0.39, 0.29) is 17.6 Å². The number of hydrogen-bond acceptors (Lipinski definition) is 12. The molecule has 1 aliphatic carbocycles. The number of aliphatic hydroxyl groups is 5. The first-order valence-corrected chi connectivity index (χ1v) is 13.2. The molecule has 2 fully saturated rings. The molecule has 2 aromatic rings. The van der Waals surface area contributed by atoms with Crippen molar-refractivity contribution in [2.45, 2.75) is 61.5 Å². The molecule has 222 valence electrons. The van der Waals surface area contributed by atoms with Crippen LogP contribution in [0.5, 0.6) is 0 Å². The summed E-state index contributed by atoms with van der Waals surface area (Å²) in [6.45, 7) is -0.704. The van der Waals surface area contributed by atoms with E-state index < -0.39 is 73.7 Å². The van der Waals surface area contributed by atoms with Gasteiger partial charge in [-0.15, -0.1) is 0 Å². The van der Waals surface area contributed by atoms with E-state index in [9.17, 15) is 40.4 Å². The Morgan fingerprint density at radius 1 is 0.952 bits per heavy atom. The summed E-state index contributed by atoms with van der Waals surface area (Å²) in [7, 11) is 0. The summed E-state index contributed by atoms with van der Waals surface area (Å²) in [4.78, 5) is 25.7. The third kappa shape index (κ3) is 7.28. The molecule has 42 heavy (non-hydrogen) atoms. The number of nitriles is 1. The van der Waals surface area contributed by atoms with Crippen LogP contribution in [0.4, 0.5) is 0 Å². The maximum atomic E-state index is 13.0. The van der Waals surface area contributed by atoms with Crippen LogP contribution >= 0.6 is 0 Å². The highest BCUT2D eigenvalue weighted by atomic mass is 16.7. The first kappa shape index (κ1) is 31.0. The highest BCUT2D eigenvalue weighted by molar-refractivity contribution is 5.89. The zero-order valence-corrected chi connectivity index (χ0v) is 22.2. The van der Waals surface area contributed by atoms with E-state index in [4.69, 9.17) is 18.9 Å². The van der Waals surface area contributed by atoms with Gasteiger partial charge in [0.15, 0.2) is 12.4 Å². The minimum Gasteiger partial charge on any atom is -0.455 e. The Balaban J connectivity index is 1.60. The normalized spacial score (nSPS) is 32.3. The van der Waals surface area contributed by atoms with Gasteiger partial charge in [-0.05, 0) is 23.8 Å². The van der Waals surface area contributed by atoms with Crippen LogP contribution in [-0.4, -0.2) is 99.2 Å². The monoisotopic (exact) mass is 581 g/mol. The van der Waals surface area contributed by atoms with Crippen molar-refractivity contribution in [3.63, 3.8) is 0 Å². The lowest BCUT2D eigenvalue weighted by Crippen LogP contribution is -2.61. The molecule has 9 atom stereocenters. The minimum absolute atomic E-state index is 0.0775. The minimum atomic E-state index is -1.77. The number of allylic oxidation sites excluding steroid dienone is 1. The SMILES string of the molecule is N#CC=C1C(OC2OC(CO)C(O)C(O)C2O)CC(OC(=O)c2ccccc2)C(OC(=O)C=Cc2ccccc2)C1O. The van der Waals surface area contributed by atoms with E-state index in [1.807, 2.05) is 6.07 Å². The summed E-state index contributed by atoms with van der Waals surface area (Å²) in [5.41, 5.74) is 0.820. The van der Waals surface area contributed by atoms with E-state index in [0.29, 0.717) is 5.56 Å². The molecule has 1 saturated carbocycles. The molecular formula is C30H31NO11. The zero-order valence-electron chi connectivity index (χ0n) is 22.2. The summed E-state index contributed by atoms with van der Waals surface area (Å²) < 4.78 is 22.4. The van der Waals surface area contributed by atoms with E-state index in [0.717, 1.165) is 12.2 Å². The van der Waals surface area contributed by atoms with Gasteiger partial charge in [-0.3, -0.25) is 0 Å². The Hall–Kier alpha value is -3.93. The third-order valence-electron chi connectivity index (χ3n) is 6.95. The number of carbonyl (C=O) groups is 2. The molecule has 12 nitrogen and oxygen atoms in total. The fourth-order valence-corrected chi connectivity index (χ4v) is 4.73. The molecule has 9 unspecified atom stereocenters. The number of rotatable bonds is 8.